The quantitative estimate of drug-likeness (QED) is 0.158. The number of rotatable bonds is 16. The first-order valence-corrected chi connectivity index (χ1v) is 15.4. The van der Waals surface area contributed by atoms with Crippen LogP contribution in [-0.4, -0.2) is 52.6 Å². The van der Waals surface area contributed by atoms with Gasteiger partial charge in [-0.25, -0.2) is 4.79 Å². The third kappa shape index (κ3) is 12.0. The normalized spacial score (nSPS) is 12.5. The van der Waals surface area contributed by atoms with E-state index in [2.05, 4.69) is 23.5 Å². The highest BCUT2D eigenvalue weighted by Crippen LogP contribution is 2.27. The Balaban J connectivity index is 2.59. The molecule has 0 radical (unpaired) electrons. The van der Waals surface area contributed by atoms with Crippen LogP contribution >= 0.6 is 0 Å². The summed E-state index contributed by atoms with van der Waals surface area (Å²) in [6.45, 7) is 10.2. The van der Waals surface area contributed by atoms with Crippen LogP contribution in [0.4, 0.5) is 4.79 Å². The second-order valence-corrected chi connectivity index (χ2v) is 11.8. The van der Waals surface area contributed by atoms with Crippen LogP contribution in [0.5, 0.6) is 5.75 Å². The SMILES string of the molecule is C#Cc1ccccc1C(C(=O)NCCCC)N(CCCCCCC)C(=O)C(Cc1ccc(O)cc1)NC(=O)OC(C)(C)C. The van der Waals surface area contributed by atoms with E-state index in [4.69, 9.17) is 11.2 Å². The maximum atomic E-state index is 14.6. The van der Waals surface area contributed by atoms with Gasteiger partial charge in [-0.3, -0.25) is 9.59 Å². The number of ether oxygens (including phenoxy) is 1. The standard InChI is InChI=1S/C35H49N3O5/c1-7-10-12-13-16-24-38(31(32(40)36-23-11-8-2)29-18-15-14-17-27(29)9-3)33(41)30(37-34(42)43-35(4,5)6)25-26-19-21-28(39)22-20-26/h3,14-15,17-22,30-31,39H,7-8,10-13,16,23-25H2,1-2,4-6H3,(H,36,40)(H,37,42). The van der Waals surface area contributed by atoms with Gasteiger partial charge in [0.05, 0.1) is 0 Å². The molecule has 3 amide bonds. The summed E-state index contributed by atoms with van der Waals surface area (Å²) in [5.41, 5.74) is 1.03. The summed E-state index contributed by atoms with van der Waals surface area (Å²) in [6, 6.07) is 11.6. The fourth-order valence-corrected chi connectivity index (χ4v) is 4.77. The molecule has 0 aliphatic carbocycles. The Hall–Kier alpha value is -3.99. The fourth-order valence-electron chi connectivity index (χ4n) is 4.77. The molecule has 0 saturated carbocycles. The molecule has 43 heavy (non-hydrogen) atoms. The first-order valence-electron chi connectivity index (χ1n) is 15.4. The molecule has 0 bridgehead atoms. The molecule has 0 aliphatic heterocycles. The minimum Gasteiger partial charge on any atom is -0.508 e. The lowest BCUT2D eigenvalue weighted by Crippen LogP contribution is -2.54. The fraction of sp³-hybridized carbons (Fsp3) is 0.514. The van der Waals surface area contributed by atoms with Crippen molar-refractivity contribution in [3.8, 4) is 18.1 Å². The lowest BCUT2D eigenvalue weighted by Gasteiger charge is -2.35. The zero-order valence-corrected chi connectivity index (χ0v) is 26.4. The van der Waals surface area contributed by atoms with E-state index in [0.29, 0.717) is 30.6 Å². The molecule has 2 unspecified atom stereocenters. The smallest absolute Gasteiger partial charge is 0.408 e. The summed E-state index contributed by atoms with van der Waals surface area (Å²) in [4.78, 5) is 43.0. The van der Waals surface area contributed by atoms with Crippen molar-refractivity contribution in [3.63, 3.8) is 0 Å². The molecule has 0 spiro atoms. The number of amides is 3. The van der Waals surface area contributed by atoms with Gasteiger partial charge < -0.3 is 25.4 Å². The number of terminal acetylenes is 1. The van der Waals surface area contributed by atoms with Crippen LogP contribution in [0.3, 0.4) is 0 Å². The van der Waals surface area contributed by atoms with Crippen LogP contribution in [0.2, 0.25) is 0 Å². The summed E-state index contributed by atoms with van der Waals surface area (Å²) in [6.07, 6.45) is 11.7. The molecule has 2 aromatic carbocycles. The molecule has 0 aromatic heterocycles. The first kappa shape index (κ1) is 35.2. The Kier molecular flexibility index (Phi) is 14.6. The number of aromatic hydroxyl groups is 1. The number of unbranched alkanes of at least 4 members (excludes halogenated alkanes) is 5. The summed E-state index contributed by atoms with van der Waals surface area (Å²) >= 11 is 0. The molecule has 0 heterocycles. The highest BCUT2D eigenvalue weighted by molar-refractivity contribution is 5.92. The average Bonchev–Trinajstić information content (AvgIpc) is 2.96. The van der Waals surface area contributed by atoms with Gasteiger partial charge in [0, 0.05) is 25.1 Å². The third-order valence-corrected chi connectivity index (χ3v) is 6.95. The Labute approximate surface area is 257 Å². The molecule has 2 atom stereocenters. The highest BCUT2D eigenvalue weighted by atomic mass is 16.6. The van der Waals surface area contributed by atoms with Crippen LogP contribution in [0.15, 0.2) is 48.5 Å². The Morgan fingerprint density at radius 3 is 2.23 bits per heavy atom. The number of nitrogens with one attached hydrogen (secondary N) is 2. The van der Waals surface area contributed by atoms with Gasteiger partial charge in [-0.15, -0.1) is 6.42 Å². The molecule has 2 aromatic rings. The van der Waals surface area contributed by atoms with E-state index in [9.17, 15) is 19.5 Å². The highest BCUT2D eigenvalue weighted by Gasteiger charge is 2.37. The van der Waals surface area contributed by atoms with E-state index in [1.807, 2.05) is 6.92 Å². The predicted octanol–water partition coefficient (Wildman–Crippen LogP) is 6.27. The minimum absolute atomic E-state index is 0.0927. The zero-order valence-electron chi connectivity index (χ0n) is 26.4. The number of benzene rings is 2. The van der Waals surface area contributed by atoms with Crippen LogP contribution in [0.25, 0.3) is 0 Å². The second-order valence-electron chi connectivity index (χ2n) is 11.8. The van der Waals surface area contributed by atoms with Gasteiger partial charge in [0.1, 0.15) is 23.4 Å². The van der Waals surface area contributed by atoms with Crippen LogP contribution in [0, 0.1) is 12.3 Å². The Morgan fingerprint density at radius 1 is 0.953 bits per heavy atom. The zero-order chi connectivity index (χ0) is 31.8. The van der Waals surface area contributed by atoms with E-state index in [1.54, 1.807) is 62.1 Å². The van der Waals surface area contributed by atoms with Crippen molar-refractivity contribution in [2.75, 3.05) is 13.1 Å². The lowest BCUT2D eigenvalue weighted by molar-refractivity contribution is -0.142. The van der Waals surface area contributed by atoms with Crippen LogP contribution in [0.1, 0.15) is 102 Å². The monoisotopic (exact) mass is 591 g/mol. The molecular weight excluding hydrogens is 542 g/mol. The van der Waals surface area contributed by atoms with Crippen molar-refractivity contribution in [1.29, 1.82) is 0 Å². The average molecular weight is 592 g/mol. The first-order chi connectivity index (χ1) is 20.5. The number of hydrogen-bond donors (Lipinski definition) is 3. The number of alkyl carbamates (subject to hydrolysis) is 1. The van der Waals surface area contributed by atoms with E-state index in [0.717, 1.165) is 44.1 Å². The summed E-state index contributed by atoms with van der Waals surface area (Å²) in [5.74, 6) is 2.03. The summed E-state index contributed by atoms with van der Waals surface area (Å²) in [5, 5.41) is 15.6. The van der Waals surface area contributed by atoms with Crippen molar-refractivity contribution in [1.82, 2.24) is 15.5 Å². The number of phenolic OH excluding ortho intramolecular Hbond substituents is 1. The van der Waals surface area contributed by atoms with Gasteiger partial charge in [-0.1, -0.05) is 82.2 Å². The molecule has 234 valence electrons. The number of hydrogen-bond acceptors (Lipinski definition) is 5. The van der Waals surface area contributed by atoms with Crippen molar-refractivity contribution >= 4 is 17.9 Å². The van der Waals surface area contributed by atoms with Gasteiger partial charge in [0.2, 0.25) is 11.8 Å². The largest absolute Gasteiger partial charge is 0.508 e. The number of carbonyl (C=O) groups is 3. The van der Waals surface area contributed by atoms with Crippen LogP contribution in [-0.2, 0) is 20.7 Å². The number of nitrogens with zero attached hydrogens (tertiary/aromatic N) is 1. The summed E-state index contributed by atoms with van der Waals surface area (Å²) in [7, 11) is 0. The van der Waals surface area contributed by atoms with Gasteiger partial charge in [0.25, 0.3) is 0 Å². The maximum Gasteiger partial charge on any atom is 0.408 e. The van der Waals surface area contributed by atoms with Gasteiger partial charge in [-0.2, -0.15) is 0 Å². The predicted molar refractivity (Wildman–Crippen MR) is 170 cm³/mol. The molecule has 8 heteroatoms. The summed E-state index contributed by atoms with van der Waals surface area (Å²) < 4.78 is 5.51. The maximum absolute atomic E-state index is 14.6. The van der Waals surface area contributed by atoms with Crippen molar-refractivity contribution in [2.24, 2.45) is 0 Å². The Bertz CT molecular complexity index is 1210. The molecule has 0 fully saturated rings. The Morgan fingerprint density at radius 2 is 1.60 bits per heavy atom. The van der Waals surface area contributed by atoms with E-state index >= 15 is 0 Å². The lowest BCUT2D eigenvalue weighted by atomic mass is 9.96. The van der Waals surface area contributed by atoms with E-state index < -0.39 is 29.7 Å². The minimum atomic E-state index is -1.04. The van der Waals surface area contributed by atoms with E-state index in [1.165, 1.54) is 12.1 Å². The number of phenols is 1. The van der Waals surface area contributed by atoms with Crippen LogP contribution < -0.4 is 10.6 Å². The third-order valence-electron chi connectivity index (χ3n) is 6.95. The molecule has 2 rings (SSSR count). The van der Waals surface area contributed by atoms with Crippen molar-refractivity contribution in [2.45, 2.75) is 104 Å². The molecule has 0 aliphatic rings. The second kappa shape index (κ2) is 17.8. The molecule has 0 saturated heterocycles. The molecular formula is C35H49N3O5. The van der Waals surface area contributed by atoms with Crippen molar-refractivity contribution < 1.29 is 24.2 Å². The van der Waals surface area contributed by atoms with Gasteiger partial charge >= 0.3 is 6.09 Å². The van der Waals surface area contributed by atoms with Gasteiger partial charge in [0.15, 0.2) is 0 Å². The van der Waals surface area contributed by atoms with Crippen molar-refractivity contribution in [3.05, 3.63) is 65.2 Å². The van der Waals surface area contributed by atoms with E-state index in [-0.39, 0.29) is 18.1 Å². The number of carbonyl (C=O) groups excluding carboxylic acids is 3. The molecule has 8 nitrogen and oxygen atoms in total. The topological polar surface area (TPSA) is 108 Å². The van der Waals surface area contributed by atoms with Gasteiger partial charge in [-0.05, 0) is 62.9 Å². The molecule has 3 N–H and O–H groups in total.